The Kier molecular flexibility index (Phi) is 6.32. The van der Waals surface area contributed by atoms with E-state index in [1.54, 1.807) is 24.1 Å². The molecular formula is C21H29N5O3. The van der Waals surface area contributed by atoms with Crippen LogP contribution < -0.4 is 5.32 Å². The molecule has 0 bridgehead atoms. The molecule has 0 saturated carbocycles. The number of carbonyl (C=O) groups is 2. The standard InChI is InChI=1S/C21H29N5O3/c1-13(2)8-20(27)22-17-9-16(7-6-14(17)3)21(28)25-10-15(4)26-18(11-25)23-24-19(26)12-29-5/h6-7,9,13,15H,8,10-12H2,1-5H3,(H,22,27)/t15-/m0/s1. The first-order chi connectivity index (χ1) is 13.8. The van der Waals surface area contributed by atoms with Gasteiger partial charge in [0, 0.05) is 31.3 Å². The van der Waals surface area contributed by atoms with Crippen LogP contribution in [0.5, 0.6) is 0 Å². The summed E-state index contributed by atoms with van der Waals surface area (Å²) in [4.78, 5) is 27.1. The van der Waals surface area contributed by atoms with Gasteiger partial charge in [0.1, 0.15) is 6.61 Å². The number of aromatic nitrogens is 3. The van der Waals surface area contributed by atoms with E-state index >= 15 is 0 Å². The van der Waals surface area contributed by atoms with Gasteiger partial charge in [-0.2, -0.15) is 0 Å². The number of carbonyl (C=O) groups excluding carboxylic acids is 2. The van der Waals surface area contributed by atoms with Gasteiger partial charge < -0.3 is 19.5 Å². The molecule has 1 aromatic carbocycles. The molecule has 8 nitrogen and oxygen atoms in total. The maximum absolute atomic E-state index is 13.1. The Balaban J connectivity index is 1.78. The van der Waals surface area contributed by atoms with Crippen molar-refractivity contribution >= 4 is 17.5 Å². The van der Waals surface area contributed by atoms with Crippen LogP contribution in [0.3, 0.4) is 0 Å². The van der Waals surface area contributed by atoms with Crippen molar-refractivity contribution in [3.05, 3.63) is 41.0 Å². The first kappa shape index (κ1) is 21.0. The summed E-state index contributed by atoms with van der Waals surface area (Å²) in [6, 6.07) is 5.48. The number of aryl methyl sites for hydroxylation is 1. The number of methoxy groups -OCH3 is 1. The second kappa shape index (κ2) is 8.73. The molecule has 29 heavy (non-hydrogen) atoms. The number of benzene rings is 1. The zero-order chi connectivity index (χ0) is 21.1. The summed E-state index contributed by atoms with van der Waals surface area (Å²) in [5, 5.41) is 11.4. The lowest BCUT2D eigenvalue weighted by molar-refractivity contribution is -0.116. The van der Waals surface area contributed by atoms with Crippen LogP contribution in [0.2, 0.25) is 0 Å². The van der Waals surface area contributed by atoms with Crippen molar-refractivity contribution in [2.24, 2.45) is 5.92 Å². The summed E-state index contributed by atoms with van der Waals surface area (Å²) in [5.41, 5.74) is 2.15. The van der Waals surface area contributed by atoms with Crippen molar-refractivity contribution in [3.63, 3.8) is 0 Å². The van der Waals surface area contributed by atoms with Gasteiger partial charge in [-0.1, -0.05) is 19.9 Å². The average Bonchev–Trinajstić information content (AvgIpc) is 3.06. The molecule has 0 saturated heterocycles. The lowest BCUT2D eigenvalue weighted by atomic mass is 10.1. The molecule has 1 aliphatic heterocycles. The zero-order valence-electron chi connectivity index (χ0n) is 17.7. The van der Waals surface area contributed by atoms with Crippen molar-refractivity contribution in [2.75, 3.05) is 19.0 Å². The van der Waals surface area contributed by atoms with Crippen LogP contribution in [-0.2, 0) is 22.7 Å². The Morgan fingerprint density at radius 1 is 1.31 bits per heavy atom. The Hall–Kier alpha value is -2.74. The predicted octanol–water partition coefficient (Wildman–Crippen LogP) is 2.93. The fourth-order valence-corrected chi connectivity index (χ4v) is 3.64. The number of hydrogen-bond donors (Lipinski definition) is 1. The maximum atomic E-state index is 13.1. The number of ether oxygens (including phenoxy) is 1. The van der Waals surface area contributed by atoms with Gasteiger partial charge in [0.15, 0.2) is 11.6 Å². The molecule has 0 aliphatic carbocycles. The van der Waals surface area contributed by atoms with E-state index in [9.17, 15) is 9.59 Å². The zero-order valence-corrected chi connectivity index (χ0v) is 17.7. The first-order valence-electron chi connectivity index (χ1n) is 9.91. The number of fused-ring (bicyclic) bond motifs is 1. The molecule has 2 heterocycles. The molecule has 2 amide bonds. The molecule has 0 spiro atoms. The van der Waals surface area contributed by atoms with Crippen LogP contribution in [0.4, 0.5) is 5.69 Å². The smallest absolute Gasteiger partial charge is 0.254 e. The molecular weight excluding hydrogens is 370 g/mol. The highest BCUT2D eigenvalue weighted by molar-refractivity contribution is 5.97. The fraction of sp³-hybridized carbons (Fsp3) is 0.524. The molecule has 1 aliphatic rings. The van der Waals surface area contributed by atoms with Crippen molar-refractivity contribution < 1.29 is 14.3 Å². The molecule has 1 aromatic heterocycles. The van der Waals surface area contributed by atoms with E-state index in [0.717, 1.165) is 17.2 Å². The minimum absolute atomic E-state index is 0.0435. The van der Waals surface area contributed by atoms with Gasteiger partial charge >= 0.3 is 0 Å². The molecule has 8 heteroatoms. The Morgan fingerprint density at radius 3 is 2.76 bits per heavy atom. The Labute approximate surface area is 171 Å². The van der Waals surface area contributed by atoms with E-state index < -0.39 is 0 Å². The van der Waals surface area contributed by atoms with Crippen LogP contribution in [0.15, 0.2) is 18.2 Å². The van der Waals surface area contributed by atoms with E-state index in [1.807, 2.05) is 38.3 Å². The normalized spacial score (nSPS) is 16.1. The summed E-state index contributed by atoms with van der Waals surface area (Å²) in [7, 11) is 1.62. The molecule has 0 fully saturated rings. The summed E-state index contributed by atoms with van der Waals surface area (Å²) in [6.07, 6.45) is 0.445. The number of rotatable bonds is 6. The second-order valence-corrected chi connectivity index (χ2v) is 8.05. The van der Waals surface area contributed by atoms with Gasteiger partial charge in [-0.05, 0) is 37.5 Å². The average molecular weight is 399 g/mol. The molecule has 3 rings (SSSR count). The molecule has 156 valence electrons. The lowest BCUT2D eigenvalue weighted by Crippen LogP contribution is -2.40. The fourth-order valence-electron chi connectivity index (χ4n) is 3.64. The van der Waals surface area contributed by atoms with E-state index in [4.69, 9.17) is 4.74 Å². The highest BCUT2D eigenvalue weighted by atomic mass is 16.5. The van der Waals surface area contributed by atoms with Crippen LogP contribution in [0.25, 0.3) is 0 Å². The summed E-state index contributed by atoms with van der Waals surface area (Å²) in [5.74, 6) is 1.67. The Morgan fingerprint density at radius 2 is 2.07 bits per heavy atom. The van der Waals surface area contributed by atoms with Crippen LogP contribution in [-0.4, -0.2) is 45.1 Å². The predicted molar refractivity (Wildman–Crippen MR) is 109 cm³/mol. The summed E-state index contributed by atoms with van der Waals surface area (Å²) in [6.45, 7) is 9.30. The highest BCUT2D eigenvalue weighted by Crippen LogP contribution is 2.25. The third-order valence-electron chi connectivity index (χ3n) is 5.01. The van der Waals surface area contributed by atoms with E-state index in [2.05, 4.69) is 15.5 Å². The number of hydrogen-bond acceptors (Lipinski definition) is 5. The molecule has 0 radical (unpaired) electrons. The summed E-state index contributed by atoms with van der Waals surface area (Å²) < 4.78 is 7.23. The Bertz CT molecular complexity index is 906. The van der Waals surface area contributed by atoms with E-state index in [-0.39, 0.29) is 23.8 Å². The third kappa shape index (κ3) is 4.64. The van der Waals surface area contributed by atoms with E-state index in [1.165, 1.54) is 0 Å². The van der Waals surface area contributed by atoms with Gasteiger partial charge in [0.2, 0.25) is 5.91 Å². The minimum Gasteiger partial charge on any atom is -0.377 e. The topological polar surface area (TPSA) is 89.3 Å². The monoisotopic (exact) mass is 399 g/mol. The van der Waals surface area contributed by atoms with Gasteiger partial charge in [0.25, 0.3) is 5.91 Å². The van der Waals surface area contributed by atoms with Crippen molar-refractivity contribution in [2.45, 2.75) is 53.3 Å². The van der Waals surface area contributed by atoms with Crippen LogP contribution in [0, 0.1) is 12.8 Å². The molecule has 1 N–H and O–H groups in total. The third-order valence-corrected chi connectivity index (χ3v) is 5.01. The van der Waals surface area contributed by atoms with Crippen molar-refractivity contribution in [1.29, 1.82) is 0 Å². The van der Waals surface area contributed by atoms with Crippen LogP contribution in [0.1, 0.15) is 60.8 Å². The molecule has 0 unspecified atom stereocenters. The number of amides is 2. The number of nitrogens with zero attached hydrogens (tertiary/aromatic N) is 4. The van der Waals surface area contributed by atoms with Crippen molar-refractivity contribution in [1.82, 2.24) is 19.7 Å². The summed E-state index contributed by atoms with van der Waals surface area (Å²) >= 11 is 0. The quantitative estimate of drug-likeness (QED) is 0.807. The van der Waals surface area contributed by atoms with E-state index in [0.29, 0.717) is 37.4 Å². The lowest BCUT2D eigenvalue weighted by Gasteiger charge is -2.32. The van der Waals surface area contributed by atoms with Gasteiger partial charge in [-0.15, -0.1) is 10.2 Å². The molecule has 1 atom stereocenters. The van der Waals surface area contributed by atoms with Gasteiger partial charge in [0.05, 0.1) is 12.6 Å². The second-order valence-electron chi connectivity index (χ2n) is 8.05. The first-order valence-corrected chi connectivity index (χ1v) is 9.91. The minimum atomic E-state index is -0.0845. The van der Waals surface area contributed by atoms with Gasteiger partial charge in [-0.3, -0.25) is 9.59 Å². The largest absolute Gasteiger partial charge is 0.377 e. The highest BCUT2D eigenvalue weighted by Gasteiger charge is 2.29. The van der Waals surface area contributed by atoms with Crippen molar-refractivity contribution in [3.8, 4) is 0 Å². The SMILES string of the molecule is COCc1nnc2n1[C@@H](C)CN(C(=O)c1ccc(C)c(NC(=O)CC(C)C)c1)C2. The van der Waals surface area contributed by atoms with Gasteiger partial charge in [-0.25, -0.2) is 0 Å². The number of nitrogens with one attached hydrogen (secondary N) is 1. The number of anilines is 1. The maximum Gasteiger partial charge on any atom is 0.254 e. The van der Waals surface area contributed by atoms with Crippen LogP contribution >= 0.6 is 0 Å². The molecule has 2 aromatic rings.